The Morgan fingerprint density at radius 2 is 0.971 bits per heavy atom. The molecule has 0 unspecified atom stereocenters. The zero-order valence-electron chi connectivity index (χ0n) is 37.5. The van der Waals surface area contributed by atoms with E-state index in [1.807, 2.05) is 11.3 Å². The first-order valence-electron chi connectivity index (χ1n) is 23.9. The molecule has 3 aromatic heterocycles. The molecule has 12 aromatic rings. The Kier molecular flexibility index (Phi) is 10.1. The van der Waals surface area contributed by atoms with Gasteiger partial charge in [-0.05, 0) is 99.8 Å². The summed E-state index contributed by atoms with van der Waals surface area (Å²) >= 11 is 1.89. The van der Waals surface area contributed by atoms with Gasteiger partial charge in [0.25, 0.3) is 0 Å². The number of nitrogens with zero attached hydrogens (tertiary/aromatic N) is 4. The van der Waals surface area contributed by atoms with Crippen LogP contribution in [0.3, 0.4) is 0 Å². The number of fused-ring (bicyclic) bond motifs is 7. The Hall–Kier alpha value is -7.99. The lowest BCUT2D eigenvalue weighted by atomic mass is 9.88. The van der Waals surface area contributed by atoms with Crippen LogP contribution in [-0.4, -0.2) is 19.5 Å². The third-order valence-electron chi connectivity index (χ3n) is 14.0. The van der Waals surface area contributed by atoms with E-state index < -0.39 is 0 Å². The molecule has 68 heavy (non-hydrogen) atoms. The van der Waals surface area contributed by atoms with Crippen molar-refractivity contribution >= 4 is 53.3 Å². The third kappa shape index (κ3) is 7.10. The lowest BCUT2D eigenvalue weighted by Gasteiger charge is -2.21. The molecule has 0 aliphatic heterocycles. The minimum Gasteiger partial charge on any atom is -0.309 e. The second kappa shape index (κ2) is 17.0. The molecule has 0 saturated heterocycles. The summed E-state index contributed by atoms with van der Waals surface area (Å²) in [6.45, 7) is 0. The average Bonchev–Trinajstić information content (AvgIpc) is 3.97. The van der Waals surface area contributed by atoms with Crippen LogP contribution >= 0.6 is 11.3 Å². The number of rotatable bonds is 8. The summed E-state index contributed by atoms with van der Waals surface area (Å²) in [7, 11) is 0. The van der Waals surface area contributed by atoms with Gasteiger partial charge in [0.05, 0.1) is 11.0 Å². The van der Waals surface area contributed by atoms with Gasteiger partial charge in [-0.15, -0.1) is 11.3 Å². The van der Waals surface area contributed by atoms with Crippen molar-refractivity contribution < 1.29 is 0 Å². The first-order valence-corrected chi connectivity index (χ1v) is 24.7. The Labute approximate surface area is 399 Å². The van der Waals surface area contributed by atoms with Crippen molar-refractivity contribution in [3.8, 4) is 73.0 Å². The maximum atomic E-state index is 5.49. The van der Waals surface area contributed by atoms with Crippen molar-refractivity contribution in [3.63, 3.8) is 0 Å². The van der Waals surface area contributed by atoms with Crippen LogP contribution in [0.25, 0.3) is 115 Å². The van der Waals surface area contributed by atoms with E-state index in [9.17, 15) is 0 Å². The predicted octanol–water partition coefficient (Wildman–Crippen LogP) is 17.4. The second-order valence-electron chi connectivity index (χ2n) is 18.1. The smallest absolute Gasteiger partial charge is 0.164 e. The molecule has 0 radical (unpaired) electrons. The summed E-state index contributed by atoms with van der Waals surface area (Å²) in [4.78, 5) is 16.1. The van der Waals surface area contributed by atoms with Crippen LogP contribution in [0.4, 0.5) is 0 Å². The lowest BCUT2D eigenvalue weighted by Crippen LogP contribution is -2.11. The van der Waals surface area contributed by atoms with E-state index in [4.69, 9.17) is 15.0 Å². The molecule has 0 atom stereocenters. The molecule has 0 N–H and O–H groups in total. The Morgan fingerprint density at radius 1 is 0.382 bits per heavy atom. The highest BCUT2D eigenvalue weighted by atomic mass is 32.1. The molecule has 1 saturated carbocycles. The van der Waals surface area contributed by atoms with E-state index in [0.29, 0.717) is 11.7 Å². The zero-order chi connectivity index (χ0) is 45.0. The molecular formula is C63H46N4S. The summed E-state index contributed by atoms with van der Waals surface area (Å²) in [5, 5.41) is 5.12. The number of aromatic nitrogens is 4. The van der Waals surface area contributed by atoms with E-state index in [1.54, 1.807) is 0 Å². The van der Waals surface area contributed by atoms with Crippen LogP contribution in [0.2, 0.25) is 0 Å². The lowest BCUT2D eigenvalue weighted by molar-refractivity contribution is 0.428. The average molecular weight is 891 g/mol. The Balaban J connectivity index is 1.04. The van der Waals surface area contributed by atoms with Gasteiger partial charge >= 0.3 is 0 Å². The van der Waals surface area contributed by atoms with Crippen LogP contribution in [0.5, 0.6) is 0 Å². The summed E-state index contributed by atoms with van der Waals surface area (Å²) in [5.41, 5.74) is 14.8. The van der Waals surface area contributed by atoms with Crippen molar-refractivity contribution in [1.82, 2.24) is 19.5 Å². The zero-order valence-corrected chi connectivity index (χ0v) is 38.3. The standard InChI is InChI=1S/C63H46N4S/c1-6-18-41(19-7-1)45-30-33-49(42-20-8-2-9-21-42)54(38-45)46-31-34-50(55(39-46)63-65-61(43-22-10-3-11-23-43)64-62(66-63)44-24-12-4-13-25-44)47-32-35-51-52-36-37-57-59(60(52)68-58(51)40-47)53-28-16-17-29-56(53)67(57)48-26-14-5-15-27-48/h1-3,5-11,14-23,26-40,44H,4,12-13,24-25H2. The third-order valence-corrected chi connectivity index (χ3v) is 15.2. The first-order chi connectivity index (χ1) is 33.7. The van der Waals surface area contributed by atoms with Gasteiger partial charge in [-0.1, -0.05) is 189 Å². The minimum atomic E-state index is 0.298. The fourth-order valence-electron chi connectivity index (χ4n) is 10.7. The van der Waals surface area contributed by atoms with Crippen LogP contribution in [0, 0.1) is 0 Å². The maximum absolute atomic E-state index is 5.49. The van der Waals surface area contributed by atoms with Crippen LogP contribution in [-0.2, 0) is 0 Å². The first kappa shape index (κ1) is 40.3. The van der Waals surface area contributed by atoms with Crippen molar-refractivity contribution in [3.05, 3.63) is 218 Å². The number of hydrogen-bond donors (Lipinski definition) is 0. The summed E-state index contributed by atoms with van der Waals surface area (Å²) in [5.74, 6) is 2.64. The number of hydrogen-bond acceptors (Lipinski definition) is 4. The van der Waals surface area contributed by atoms with Gasteiger partial charge in [0, 0.05) is 53.7 Å². The van der Waals surface area contributed by atoms with E-state index in [1.165, 1.54) is 89.2 Å². The number of benzene rings is 9. The van der Waals surface area contributed by atoms with Crippen LogP contribution < -0.4 is 0 Å². The molecule has 5 heteroatoms. The highest BCUT2D eigenvalue weighted by molar-refractivity contribution is 7.26. The molecule has 1 aliphatic rings. The van der Waals surface area contributed by atoms with Gasteiger partial charge in [0.2, 0.25) is 0 Å². The number of para-hydroxylation sites is 2. The molecule has 0 spiro atoms. The van der Waals surface area contributed by atoms with Gasteiger partial charge in [0.1, 0.15) is 5.82 Å². The second-order valence-corrected chi connectivity index (χ2v) is 19.2. The van der Waals surface area contributed by atoms with Crippen molar-refractivity contribution in [2.24, 2.45) is 0 Å². The highest BCUT2D eigenvalue weighted by Gasteiger charge is 2.24. The molecule has 0 bridgehead atoms. The molecule has 4 nitrogen and oxygen atoms in total. The van der Waals surface area contributed by atoms with Crippen LogP contribution in [0.1, 0.15) is 43.8 Å². The Morgan fingerprint density at radius 3 is 1.74 bits per heavy atom. The minimum absolute atomic E-state index is 0.298. The molecule has 1 fully saturated rings. The molecule has 324 valence electrons. The van der Waals surface area contributed by atoms with Gasteiger partial charge in [-0.3, -0.25) is 0 Å². The fourth-order valence-corrected chi connectivity index (χ4v) is 12.0. The molecule has 13 rings (SSSR count). The Bertz CT molecular complexity index is 3810. The van der Waals surface area contributed by atoms with Crippen molar-refractivity contribution in [2.45, 2.75) is 38.0 Å². The monoisotopic (exact) mass is 890 g/mol. The number of thiophene rings is 1. The van der Waals surface area contributed by atoms with Gasteiger partial charge < -0.3 is 4.57 Å². The fraction of sp³-hybridized carbons (Fsp3) is 0.0952. The quantitative estimate of drug-likeness (QED) is 0.153. The van der Waals surface area contributed by atoms with Gasteiger partial charge in [0.15, 0.2) is 11.6 Å². The largest absolute Gasteiger partial charge is 0.309 e. The normalized spacial score (nSPS) is 13.2. The molecule has 0 amide bonds. The van der Waals surface area contributed by atoms with Crippen molar-refractivity contribution in [2.75, 3.05) is 0 Å². The van der Waals surface area contributed by atoms with E-state index >= 15 is 0 Å². The van der Waals surface area contributed by atoms with E-state index in [2.05, 4.69) is 217 Å². The van der Waals surface area contributed by atoms with Gasteiger partial charge in [-0.2, -0.15) is 0 Å². The molecule has 3 heterocycles. The SMILES string of the molecule is c1ccc(-c2ccc(-c3ccccc3)c(-c3ccc(-c4ccc5c(c4)sc4c5ccc5c4c4ccccc4n5-c4ccccc4)c(-c4nc(-c5ccccc5)nc(C5CCCCC5)n4)c3)c2)cc1. The maximum Gasteiger partial charge on any atom is 0.164 e. The van der Waals surface area contributed by atoms with Crippen molar-refractivity contribution in [1.29, 1.82) is 0 Å². The van der Waals surface area contributed by atoms with E-state index in [0.717, 1.165) is 57.9 Å². The highest BCUT2D eigenvalue weighted by Crippen LogP contribution is 2.46. The summed E-state index contributed by atoms with van der Waals surface area (Å²) in [6.07, 6.45) is 5.84. The van der Waals surface area contributed by atoms with Gasteiger partial charge in [-0.25, -0.2) is 15.0 Å². The topological polar surface area (TPSA) is 43.6 Å². The molecule has 1 aliphatic carbocycles. The molecular weight excluding hydrogens is 845 g/mol. The summed E-state index contributed by atoms with van der Waals surface area (Å²) < 4.78 is 4.97. The van der Waals surface area contributed by atoms with Crippen LogP contribution in [0.15, 0.2) is 212 Å². The predicted molar refractivity (Wildman–Crippen MR) is 285 cm³/mol. The summed E-state index contributed by atoms with van der Waals surface area (Å²) in [6, 6.07) is 76.9. The molecule has 9 aromatic carbocycles. The van der Waals surface area contributed by atoms with E-state index in [-0.39, 0.29) is 0 Å².